The van der Waals surface area contributed by atoms with E-state index in [2.05, 4.69) is 37.2 Å². The molecular weight excluding hydrogens is 382 g/mol. The van der Waals surface area contributed by atoms with Gasteiger partial charge in [0.05, 0.1) is 5.69 Å². The van der Waals surface area contributed by atoms with Crippen molar-refractivity contribution in [3.8, 4) is 0 Å². The molecule has 2 rings (SSSR count). The number of halogens is 2. The third-order valence-corrected chi connectivity index (χ3v) is 5.04. The fourth-order valence-corrected chi connectivity index (χ4v) is 2.90. The maximum atomic E-state index is 12.5. The van der Waals surface area contributed by atoms with Crippen molar-refractivity contribution in [1.82, 2.24) is 0 Å². The monoisotopic (exact) mass is 395 g/mol. The van der Waals surface area contributed by atoms with Crippen molar-refractivity contribution >= 4 is 43.5 Å². The minimum absolute atomic E-state index is 0.0989. The number of hydrogen-bond acceptors (Lipinski definition) is 1. The van der Waals surface area contributed by atoms with Gasteiger partial charge in [-0.25, -0.2) is 0 Å². The SMILES string of the molecule is Cc1c(Br)cc(C(=O)Nc2ccccc2Br)c(C)c1C. The predicted molar refractivity (Wildman–Crippen MR) is 90.4 cm³/mol. The topological polar surface area (TPSA) is 29.1 Å². The number of benzene rings is 2. The van der Waals surface area contributed by atoms with Gasteiger partial charge >= 0.3 is 0 Å². The Bertz CT molecular complexity index is 680. The van der Waals surface area contributed by atoms with E-state index >= 15 is 0 Å². The van der Waals surface area contributed by atoms with Gasteiger partial charge in [-0.3, -0.25) is 4.79 Å². The Morgan fingerprint density at radius 1 is 0.950 bits per heavy atom. The lowest BCUT2D eigenvalue weighted by atomic mass is 9.98. The van der Waals surface area contributed by atoms with Gasteiger partial charge in [0.2, 0.25) is 0 Å². The van der Waals surface area contributed by atoms with Gasteiger partial charge < -0.3 is 5.32 Å². The number of nitrogens with one attached hydrogen (secondary N) is 1. The molecule has 0 heterocycles. The third-order valence-electron chi connectivity index (χ3n) is 3.52. The molecule has 0 atom stereocenters. The Morgan fingerprint density at radius 3 is 2.25 bits per heavy atom. The zero-order valence-electron chi connectivity index (χ0n) is 11.6. The van der Waals surface area contributed by atoms with E-state index in [4.69, 9.17) is 0 Å². The third kappa shape index (κ3) is 2.96. The fourth-order valence-electron chi connectivity index (χ4n) is 1.99. The van der Waals surface area contributed by atoms with Crippen molar-refractivity contribution in [1.29, 1.82) is 0 Å². The second kappa shape index (κ2) is 6.10. The molecule has 0 fully saturated rings. The van der Waals surface area contributed by atoms with Crippen molar-refractivity contribution in [3.63, 3.8) is 0 Å². The summed E-state index contributed by atoms with van der Waals surface area (Å²) >= 11 is 6.94. The zero-order chi connectivity index (χ0) is 14.9. The highest BCUT2D eigenvalue weighted by Gasteiger charge is 2.15. The second-order valence-electron chi connectivity index (χ2n) is 4.71. The van der Waals surface area contributed by atoms with Crippen LogP contribution < -0.4 is 5.32 Å². The minimum Gasteiger partial charge on any atom is -0.321 e. The highest BCUT2D eigenvalue weighted by Crippen LogP contribution is 2.27. The fraction of sp³-hybridized carbons (Fsp3) is 0.188. The summed E-state index contributed by atoms with van der Waals surface area (Å²) in [7, 11) is 0. The molecule has 0 spiro atoms. The van der Waals surface area contributed by atoms with Gasteiger partial charge in [0.1, 0.15) is 0 Å². The van der Waals surface area contributed by atoms with Crippen LogP contribution in [0.5, 0.6) is 0 Å². The van der Waals surface area contributed by atoms with Crippen molar-refractivity contribution in [3.05, 3.63) is 61.5 Å². The van der Waals surface area contributed by atoms with Crippen molar-refractivity contribution < 1.29 is 4.79 Å². The lowest BCUT2D eigenvalue weighted by Gasteiger charge is -2.14. The standard InChI is InChI=1S/C16H15Br2NO/c1-9-10(2)12(8-14(18)11(9)3)16(20)19-15-7-5-4-6-13(15)17/h4-8H,1-3H3,(H,19,20). The van der Waals surface area contributed by atoms with Gasteiger partial charge in [-0.15, -0.1) is 0 Å². The normalized spacial score (nSPS) is 10.4. The Kier molecular flexibility index (Phi) is 4.66. The van der Waals surface area contributed by atoms with Crippen LogP contribution in [0.15, 0.2) is 39.3 Å². The van der Waals surface area contributed by atoms with E-state index in [-0.39, 0.29) is 5.91 Å². The molecule has 1 N–H and O–H groups in total. The summed E-state index contributed by atoms with van der Waals surface area (Å²) in [6.07, 6.45) is 0. The molecule has 104 valence electrons. The quantitative estimate of drug-likeness (QED) is 0.724. The molecule has 0 bridgehead atoms. The van der Waals surface area contributed by atoms with Crippen LogP contribution in [-0.2, 0) is 0 Å². The summed E-state index contributed by atoms with van der Waals surface area (Å²) in [6, 6.07) is 9.46. The number of para-hydroxylation sites is 1. The average molecular weight is 397 g/mol. The van der Waals surface area contributed by atoms with Crippen LogP contribution in [0.1, 0.15) is 27.0 Å². The highest BCUT2D eigenvalue weighted by atomic mass is 79.9. The van der Waals surface area contributed by atoms with Gasteiger partial charge in [-0.1, -0.05) is 28.1 Å². The molecule has 20 heavy (non-hydrogen) atoms. The van der Waals surface area contributed by atoms with Crippen molar-refractivity contribution in [2.24, 2.45) is 0 Å². The van der Waals surface area contributed by atoms with Crippen LogP contribution in [0.4, 0.5) is 5.69 Å². The first-order chi connectivity index (χ1) is 9.41. The zero-order valence-corrected chi connectivity index (χ0v) is 14.7. The summed E-state index contributed by atoms with van der Waals surface area (Å²) in [5.74, 6) is -0.0989. The predicted octanol–water partition coefficient (Wildman–Crippen LogP) is 5.39. The largest absolute Gasteiger partial charge is 0.321 e. The van der Waals surface area contributed by atoms with E-state index < -0.39 is 0 Å². The molecule has 0 unspecified atom stereocenters. The van der Waals surface area contributed by atoms with Crippen LogP contribution in [0.2, 0.25) is 0 Å². The maximum Gasteiger partial charge on any atom is 0.256 e. The Morgan fingerprint density at radius 2 is 1.60 bits per heavy atom. The van der Waals surface area contributed by atoms with Gasteiger partial charge in [0.25, 0.3) is 5.91 Å². The van der Waals surface area contributed by atoms with Gasteiger partial charge in [0, 0.05) is 14.5 Å². The smallest absolute Gasteiger partial charge is 0.256 e. The lowest BCUT2D eigenvalue weighted by Crippen LogP contribution is -2.15. The molecular formula is C16H15Br2NO. The van der Waals surface area contributed by atoms with E-state index in [1.54, 1.807) is 0 Å². The number of hydrogen-bond donors (Lipinski definition) is 1. The number of amides is 1. The molecule has 2 aromatic carbocycles. The summed E-state index contributed by atoms with van der Waals surface area (Å²) in [6.45, 7) is 6.05. The highest BCUT2D eigenvalue weighted by molar-refractivity contribution is 9.10. The summed E-state index contributed by atoms with van der Waals surface area (Å²) in [5.41, 5.74) is 4.77. The Hall–Kier alpha value is -1.13. The van der Waals surface area contributed by atoms with E-state index in [1.165, 1.54) is 5.56 Å². The molecule has 0 radical (unpaired) electrons. The molecule has 4 heteroatoms. The molecule has 0 saturated heterocycles. The van der Waals surface area contributed by atoms with Crippen LogP contribution in [0.25, 0.3) is 0 Å². The summed E-state index contributed by atoms with van der Waals surface area (Å²) < 4.78 is 1.83. The van der Waals surface area contributed by atoms with E-state index in [1.807, 2.05) is 51.1 Å². The molecule has 0 aliphatic heterocycles. The van der Waals surface area contributed by atoms with E-state index in [0.29, 0.717) is 5.56 Å². The number of carbonyl (C=O) groups excluding carboxylic acids is 1. The van der Waals surface area contributed by atoms with Crippen LogP contribution in [0, 0.1) is 20.8 Å². The van der Waals surface area contributed by atoms with Crippen LogP contribution >= 0.6 is 31.9 Å². The van der Waals surface area contributed by atoms with Crippen molar-refractivity contribution in [2.75, 3.05) is 5.32 Å². The molecule has 2 nitrogen and oxygen atoms in total. The number of anilines is 1. The Balaban J connectivity index is 2.38. The molecule has 1 amide bonds. The lowest BCUT2D eigenvalue weighted by molar-refractivity contribution is 0.102. The number of rotatable bonds is 2. The first-order valence-corrected chi connectivity index (χ1v) is 7.82. The molecule has 0 aromatic heterocycles. The maximum absolute atomic E-state index is 12.5. The molecule has 0 saturated carbocycles. The van der Waals surface area contributed by atoms with Gasteiger partial charge in [-0.05, 0) is 71.6 Å². The summed E-state index contributed by atoms with van der Waals surface area (Å²) in [4.78, 5) is 12.5. The average Bonchev–Trinajstić information content (AvgIpc) is 2.43. The van der Waals surface area contributed by atoms with Gasteiger partial charge in [-0.2, -0.15) is 0 Å². The Labute approximate surface area is 135 Å². The van der Waals surface area contributed by atoms with E-state index in [0.717, 1.165) is 25.8 Å². The van der Waals surface area contributed by atoms with Crippen molar-refractivity contribution in [2.45, 2.75) is 20.8 Å². The van der Waals surface area contributed by atoms with Crippen LogP contribution in [-0.4, -0.2) is 5.91 Å². The number of carbonyl (C=O) groups is 1. The van der Waals surface area contributed by atoms with Gasteiger partial charge in [0.15, 0.2) is 0 Å². The first-order valence-electron chi connectivity index (χ1n) is 6.24. The molecule has 0 aliphatic rings. The molecule has 0 aliphatic carbocycles. The molecule has 2 aromatic rings. The summed E-state index contributed by atoms with van der Waals surface area (Å²) in [5, 5.41) is 2.93. The van der Waals surface area contributed by atoms with Crippen LogP contribution in [0.3, 0.4) is 0 Å². The first kappa shape index (κ1) is 15.3. The van der Waals surface area contributed by atoms with E-state index in [9.17, 15) is 4.79 Å². The minimum atomic E-state index is -0.0989. The second-order valence-corrected chi connectivity index (χ2v) is 6.42.